The maximum Gasteiger partial charge on any atom is 0.222 e. The van der Waals surface area contributed by atoms with Crippen molar-refractivity contribution in [1.82, 2.24) is 10.3 Å². The molecule has 0 radical (unpaired) electrons. The molecule has 2 aromatic rings. The second kappa shape index (κ2) is 6.00. The SMILES string of the molecule is Cc1cc(CNC2CC2)cnc1Oc1cccc(Cl)c1F. The van der Waals surface area contributed by atoms with Crippen LogP contribution in [0.1, 0.15) is 24.0 Å². The molecule has 0 atom stereocenters. The van der Waals surface area contributed by atoms with Crippen molar-refractivity contribution in [3.8, 4) is 11.6 Å². The molecule has 1 saturated carbocycles. The number of aryl methyl sites for hydroxylation is 1. The van der Waals surface area contributed by atoms with Crippen LogP contribution in [0.2, 0.25) is 5.02 Å². The van der Waals surface area contributed by atoms with Crippen LogP contribution in [0.4, 0.5) is 4.39 Å². The van der Waals surface area contributed by atoms with Gasteiger partial charge in [-0.2, -0.15) is 0 Å². The third kappa shape index (κ3) is 3.52. The number of halogens is 2. The first-order valence-electron chi connectivity index (χ1n) is 6.94. The quantitative estimate of drug-likeness (QED) is 0.897. The molecule has 1 fully saturated rings. The molecule has 0 amide bonds. The predicted octanol–water partition coefficient (Wildman–Crippen LogP) is 4.23. The molecule has 1 aliphatic rings. The van der Waals surface area contributed by atoms with Crippen molar-refractivity contribution in [3.05, 3.63) is 52.4 Å². The van der Waals surface area contributed by atoms with Crippen LogP contribution in [-0.2, 0) is 6.54 Å². The lowest BCUT2D eigenvalue weighted by Gasteiger charge is -2.10. The molecule has 1 aliphatic carbocycles. The van der Waals surface area contributed by atoms with Crippen molar-refractivity contribution in [2.75, 3.05) is 0 Å². The first kappa shape index (κ1) is 14.3. The van der Waals surface area contributed by atoms with E-state index in [2.05, 4.69) is 10.3 Å². The monoisotopic (exact) mass is 306 g/mol. The van der Waals surface area contributed by atoms with Gasteiger partial charge in [-0.15, -0.1) is 0 Å². The molecule has 1 aromatic carbocycles. The summed E-state index contributed by atoms with van der Waals surface area (Å²) in [7, 11) is 0. The molecule has 1 heterocycles. The minimum atomic E-state index is -0.570. The molecular weight excluding hydrogens is 291 g/mol. The molecular formula is C16H16ClFN2O. The van der Waals surface area contributed by atoms with Gasteiger partial charge in [-0.1, -0.05) is 17.7 Å². The second-order valence-corrected chi connectivity index (χ2v) is 5.68. The van der Waals surface area contributed by atoms with Crippen molar-refractivity contribution < 1.29 is 9.13 Å². The normalized spacial score (nSPS) is 14.2. The molecule has 0 unspecified atom stereocenters. The summed E-state index contributed by atoms with van der Waals surface area (Å²) in [5.41, 5.74) is 1.96. The molecule has 3 nitrogen and oxygen atoms in total. The van der Waals surface area contributed by atoms with E-state index in [0.29, 0.717) is 11.9 Å². The van der Waals surface area contributed by atoms with E-state index >= 15 is 0 Å². The van der Waals surface area contributed by atoms with Crippen LogP contribution in [0.5, 0.6) is 11.6 Å². The van der Waals surface area contributed by atoms with Gasteiger partial charge in [-0.05, 0) is 43.5 Å². The summed E-state index contributed by atoms with van der Waals surface area (Å²) in [6.45, 7) is 2.69. The summed E-state index contributed by atoms with van der Waals surface area (Å²) >= 11 is 5.74. The van der Waals surface area contributed by atoms with Crippen molar-refractivity contribution in [1.29, 1.82) is 0 Å². The Morgan fingerprint density at radius 1 is 1.43 bits per heavy atom. The van der Waals surface area contributed by atoms with E-state index in [4.69, 9.17) is 16.3 Å². The van der Waals surface area contributed by atoms with Gasteiger partial charge in [0, 0.05) is 24.3 Å². The van der Waals surface area contributed by atoms with E-state index in [1.807, 2.05) is 13.0 Å². The highest BCUT2D eigenvalue weighted by atomic mass is 35.5. The van der Waals surface area contributed by atoms with Gasteiger partial charge >= 0.3 is 0 Å². The fourth-order valence-electron chi connectivity index (χ4n) is 2.04. The third-order valence-corrected chi connectivity index (χ3v) is 3.67. The summed E-state index contributed by atoms with van der Waals surface area (Å²) in [5.74, 6) is -0.0897. The number of nitrogens with zero attached hydrogens (tertiary/aromatic N) is 1. The van der Waals surface area contributed by atoms with Crippen LogP contribution in [0, 0.1) is 12.7 Å². The van der Waals surface area contributed by atoms with E-state index in [9.17, 15) is 4.39 Å². The van der Waals surface area contributed by atoms with Crippen molar-refractivity contribution >= 4 is 11.6 Å². The Labute approximate surface area is 128 Å². The molecule has 110 valence electrons. The van der Waals surface area contributed by atoms with Crippen LogP contribution in [0.3, 0.4) is 0 Å². The van der Waals surface area contributed by atoms with Gasteiger partial charge < -0.3 is 10.1 Å². The van der Waals surface area contributed by atoms with Crippen LogP contribution in [0.15, 0.2) is 30.5 Å². The molecule has 21 heavy (non-hydrogen) atoms. The molecule has 5 heteroatoms. The Balaban J connectivity index is 1.74. The van der Waals surface area contributed by atoms with Crippen LogP contribution in [-0.4, -0.2) is 11.0 Å². The number of hydrogen-bond donors (Lipinski definition) is 1. The molecule has 0 bridgehead atoms. The maximum absolute atomic E-state index is 13.8. The van der Waals surface area contributed by atoms with Gasteiger partial charge in [0.15, 0.2) is 11.6 Å². The standard InChI is InChI=1S/C16H16ClFN2O/c1-10-7-11(8-19-12-5-6-12)9-20-16(10)21-14-4-2-3-13(17)15(14)18/h2-4,7,9,12,19H,5-6,8H2,1H3. The lowest BCUT2D eigenvalue weighted by atomic mass is 10.2. The highest BCUT2D eigenvalue weighted by molar-refractivity contribution is 6.30. The van der Waals surface area contributed by atoms with E-state index in [0.717, 1.165) is 17.7 Å². The van der Waals surface area contributed by atoms with Crippen LogP contribution in [0.25, 0.3) is 0 Å². The number of rotatable bonds is 5. The number of ether oxygens (including phenoxy) is 1. The molecule has 3 rings (SSSR count). The third-order valence-electron chi connectivity index (χ3n) is 3.38. The van der Waals surface area contributed by atoms with E-state index in [-0.39, 0.29) is 10.8 Å². The summed E-state index contributed by atoms with van der Waals surface area (Å²) in [6, 6.07) is 7.31. The first-order chi connectivity index (χ1) is 10.1. The number of aromatic nitrogens is 1. The lowest BCUT2D eigenvalue weighted by Crippen LogP contribution is -2.15. The van der Waals surface area contributed by atoms with Gasteiger partial charge in [-0.25, -0.2) is 9.37 Å². The zero-order valence-electron chi connectivity index (χ0n) is 11.7. The summed E-state index contributed by atoms with van der Waals surface area (Å²) in [5, 5.41) is 3.46. The summed E-state index contributed by atoms with van der Waals surface area (Å²) in [4.78, 5) is 4.27. The second-order valence-electron chi connectivity index (χ2n) is 5.27. The van der Waals surface area contributed by atoms with E-state index in [1.54, 1.807) is 12.3 Å². The minimum absolute atomic E-state index is 0.0374. The molecule has 1 N–H and O–H groups in total. The highest BCUT2D eigenvalue weighted by Crippen LogP contribution is 2.29. The Morgan fingerprint density at radius 3 is 2.95 bits per heavy atom. The zero-order chi connectivity index (χ0) is 14.8. The topological polar surface area (TPSA) is 34.2 Å². The highest BCUT2D eigenvalue weighted by Gasteiger charge is 2.20. The van der Waals surface area contributed by atoms with Crippen molar-refractivity contribution in [2.45, 2.75) is 32.4 Å². The summed E-state index contributed by atoms with van der Waals surface area (Å²) in [6.07, 6.45) is 4.25. The number of benzene rings is 1. The first-order valence-corrected chi connectivity index (χ1v) is 7.32. The van der Waals surface area contributed by atoms with E-state index in [1.165, 1.54) is 25.0 Å². The van der Waals surface area contributed by atoms with Crippen molar-refractivity contribution in [3.63, 3.8) is 0 Å². The lowest BCUT2D eigenvalue weighted by molar-refractivity contribution is 0.424. The zero-order valence-corrected chi connectivity index (χ0v) is 12.5. The summed E-state index contributed by atoms with van der Waals surface area (Å²) < 4.78 is 19.3. The maximum atomic E-state index is 13.8. The molecule has 0 spiro atoms. The molecule has 1 aromatic heterocycles. The Kier molecular flexibility index (Phi) is 4.08. The Morgan fingerprint density at radius 2 is 2.24 bits per heavy atom. The Bertz CT molecular complexity index is 659. The predicted molar refractivity (Wildman–Crippen MR) is 80.3 cm³/mol. The fraction of sp³-hybridized carbons (Fsp3) is 0.312. The smallest absolute Gasteiger partial charge is 0.222 e. The van der Waals surface area contributed by atoms with Crippen LogP contribution >= 0.6 is 11.6 Å². The largest absolute Gasteiger partial charge is 0.436 e. The minimum Gasteiger partial charge on any atom is -0.436 e. The number of nitrogens with one attached hydrogen (secondary N) is 1. The van der Waals surface area contributed by atoms with Gasteiger partial charge in [-0.3, -0.25) is 0 Å². The molecule has 0 saturated heterocycles. The van der Waals surface area contributed by atoms with E-state index < -0.39 is 5.82 Å². The molecule has 0 aliphatic heterocycles. The average Bonchev–Trinajstić information content (AvgIpc) is 3.28. The van der Waals surface area contributed by atoms with Gasteiger partial charge in [0.25, 0.3) is 0 Å². The average molecular weight is 307 g/mol. The van der Waals surface area contributed by atoms with Gasteiger partial charge in [0.2, 0.25) is 5.88 Å². The number of pyridine rings is 1. The van der Waals surface area contributed by atoms with Gasteiger partial charge in [0.05, 0.1) is 5.02 Å². The fourth-order valence-corrected chi connectivity index (χ4v) is 2.21. The number of hydrogen-bond acceptors (Lipinski definition) is 3. The van der Waals surface area contributed by atoms with Crippen LogP contribution < -0.4 is 10.1 Å². The Hall–Kier alpha value is -1.65. The van der Waals surface area contributed by atoms with Gasteiger partial charge in [0.1, 0.15) is 0 Å². The van der Waals surface area contributed by atoms with Crippen molar-refractivity contribution in [2.24, 2.45) is 0 Å².